The average Bonchev–Trinajstić information content (AvgIpc) is 2.48. The van der Waals surface area contributed by atoms with Crippen molar-refractivity contribution in [3.63, 3.8) is 0 Å². The number of amides is 1. The Bertz CT molecular complexity index is 444. The molecule has 1 atom stereocenters. The zero-order chi connectivity index (χ0) is 13.7. The predicted molar refractivity (Wildman–Crippen MR) is 78.2 cm³/mol. The van der Waals surface area contributed by atoms with Gasteiger partial charge in [-0.2, -0.15) is 11.8 Å². The molecule has 1 aromatic rings. The molecule has 1 aliphatic rings. The molecule has 5 heteroatoms. The molecule has 1 fully saturated rings. The van der Waals surface area contributed by atoms with E-state index >= 15 is 0 Å². The molecule has 19 heavy (non-hydrogen) atoms. The number of carbonyl (C=O) groups is 1. The second-order valence-electron chi connectivity index (χ2n) is 4.47. The number of methoxy groups -OCH3 is 2. The number of ether oxygens (including phenoxy) is 2. The van der Waals surface area contributed by atoms with E-state index in [4.69, 9.17) is 9.47 Å². The summed E-state index contributed by atoms with van der Waals surface area (Å²) < 4.78 is 10.4. The SMILES string of the molecule is COc1ccc(OC)c(NC(=O)C2CCCSC2)c1. The van der Waals surface area contributed by atoms with Crippen molar-refractivity contribution in [3.05, 3.63) is 18.2 Å². The van der Waals surface area contributed by atoms with E-state index in [1.165, 1.54) is 0 Å². The van der Waals surface area contributed by atoms with Crippen molar-refractivity contribution in [1.29, 1.82) is 0 Å². The van der Waals surface area contributed by atoms with Crippen LogP contribution in [0.4, 0.5) is 5.69 Å². The normalized spacial score (nSPS) is 18.7. The maximum absolute atomic E-state index is 12.2. The van der Waals surface area contributed by atoms with Crippen LogP contribution in [0.2, 0.25) is 0 Å². The van der Waals surface area contributed by atoms with Crippen LogP contribution in [0.15, 0.2) is 18.2 Å². The van der Waals surface area contributed by atoms with Crippen molar-refractivity contribution in [1.82, 2.24) is 0 Å². The summed E-state index contributed by atoms with van der Waals surface area (Å²) in [6.45, 7) is 0. The van der Waals surface area contributed by atoms with Gasteiger partial charge in [0, 0.05) is 17.7 Å². The van der Waals surface area contributed by atoms with Gasteiger partial charge in [0.1, 0.15) is 11.5 Å². The van der Waals surface area contributed by atoms with E-state index in [0.717, 1.165) is 24.3 Å². The topological polar surface area (TPSA) is 47.6 Å². The number of carbonyl (C=O) groups excluding carboxylic acids is 1. The highest BCUT2D eigenvalue weighted by Crippen LogP contribution is 2.30. The standard InChI is InChI=1S/C14H19NO3S/c1-17-11-5-6-13(18-2)12(8-11)15-14(16)10-4-3-7-19-9-10/h5-6,8,10H,3-4,7,9H2,1-2H3,(H,15,16). The number of anilines is 1. The Kier molecular flexibility index (Phi) is 4.96. The smallest absolute Gasteiger partial charge is 0.228 e. The maximum atomic E-state index is 12.2. The first-order valence-electron chi connectivity index (χ1n) is 6.35. The minimum absolute atomic E-state index is 0.0683. The van der Waals surface area contributed by atoms with Gasteiger partial charge in [0.25, 0.3) is 0 Å². The maximum Gasteiger partial charge on any atom is 0.228 e. The fourth-order valence-electron chi connectivity index (χ4n) is 2.09. The number of thioether (sulfide) groups is 1. The molecule has 2 rings (SSSR count). The van der Waals surface area contributed by atoms with E-state index in [2.05, 4.69) is 5.32 Å². The van der Waals surface area contributed by atoms with Crippen LogP contribution in [0.3, 0.4) is 0 Å². The van der Waals surface area contributed by atoms with Crippen LogP contribution in [-0.2, 0) is 4.79 Å². The highest BCUT2D eigenvalue weighted by atomic mass is 32.2. The van der Waals surface area contributed by atoms with Gasteiger partial charge in [0.2, 0.25) is 5.91 Å². The van der Waals surface area contributed by atoms with E-state index in [0.29, 0.717) is 17.2 Å². The van der Waals surface area contributed by atoms with Crippen molar-refractivity contribution in [2.45, 2.75) is 12.8 Å². The molecule has 4 nitrogen and oxygen atoms in total. The first kappa shape index (κ1) is 14.1. The van der Waals surface area contributed by atoms with Crippen LogP contribution in [-0.4, -0.2) is 31.6 Å². The summed E-state index contributed by atoms with van der Waals surface area (Å²) in [6.07, 6.45) is 2.07. The Labute approximate surface area is 117 Å². The number of hydrogen-bond acceptors (Lipinski definition) is 4. The zero-order valence-electron chi connectivity index (χ0n) is 11.3. The first-order chi connectivity index (χ1) is 9.24. The number of hydrogen-bond donors (Lipinski definition) is 1. The van der Waals surface area contributed by atoms with E-state index in [1.807, 2.05) is 17.8 Å². The lowest BCUT2D eigenvalue weighted by molar-refractivity contribution is -0.119. The molecule has 1 heterocycles. The summed E-state index contributed by atoms with van der Waals surface area (Å²) in [5.74, 6) is 3.57. The lowest BCUT2D eigenvalue weighted by atomic mass is 10.0. The van der Waals surface area contributed by atoms with Gasteiger partial charge in [0.05, 0.1) is 19.9 Å². The van der Waals surface area contributed by atoms with Crippen molar-refractivity contribution in [2.75, 3.05) is 31.0 Å². The molecule has 1 amide bonds. The van der Waals surface area contributed by atoms with Crippen LogP contribution in [0, 0.1) is 5.92 Å². The van der Waals surface area contributed by atoms with Gasteiger partial charge in [-0.15, -0.1) is 0 Å². The molecule has 1 aliphatic heterocycles. The van der Waals surface area contributed by atoms with Gasteiger partial charge in [-0.05, 0) is 30.7 Å². The molecule has 1 unspecified atom stereocenters. The quantitative estimate of drug-likeness (QED) is 0.922. The van der Waals surface area contributed by atoms with Gasteiger partial charge in [0.15, 0.2) is 0 Å². The molecule has 1 N–H and O–H groups in total. The summed E-state index contributed by atoms with van der Waals surface area (Å²) in [5.41, 5.74) is 0.669. The third-order valence-electron chi connectivity index (χ3n) is 3.20. The molecule has 0 bridgehead atoms. The monoisotopic (exact) mass is 281 g/mol. The number of rotatable bonds is 4. The van der Waals surface area contributed by atoms with Crippen LogP contribution >= 0.6 is 11.8 Å². The Balaban J connectivity index is 2.10. The fourth-order valence-corrected chi connectivity index (χ4v) is 3.23. The molecule has 0 aromatic heterocycles. The van der Waals surface area contributed by atoms with Gasteiger partial charge >= 0.3 is 0 Å². The van der Waals surface area contributed by atoms with Crippen LogP contribution < -0.4 is 14.8 Å². The largest absolute Gasteiger partial charge is 0.497 e. The van der Waals surface area contributed by atoms with Gasteiger partial charge in [-0.3, -0.25) is 4.79 Å². The first-order valence-corrected chi connectivity index (χ1v) is 7.50. The molecule has 1 saturated heterocycles. The zero-order valence-corrected chi connectivity index (χ0v) is 12.1. The Morgan fingerprint density at radius 3 is 2.84 bits per heavy atom. The van der Waals surface area contributed by atoms with Crippen LogP contribution in [0.5, 0.6) is 11.5 Å². The van der Waals surface area contributed by atoms with Crippen molar-refractivity contribution >= 4 is 23.4 Å². The summed E-state index contributed by atoms with van der Waals surface area (Å²) in [5, 5.41) is 2.95. The average molecular weight is 281 g/mol. The Morgan fingerprint density at radius 1 is 1.37 bits per heavy atom. The molecule has 0 spiro atoms. The van der Waals surface area contributed by atoms with Crippen molar-refractivity contribution < 1.29 is 14.3 Å². The summed E-state index contributed by atoms with van der Waals surface area (Å²) in [6, 6.07) is 5.39. The summed E-state index contributed by atoms with van der Waals surface area (Å²) >= 11 is 1.84. The molecule has 0 saturated carbocycles. The second-order valence-corrected chi connectivity index (χ2v) is 5.62. The van der Waals surface area contributed by atoms with E-state index in [9.17, 15) is 4.79 Å². The minimum atomic E-state index is 0.0683. The minimum Gasteiger partial charge on any atom is -0.497 e. The number of nitrogens with one attached hydrogen (secondary N) is 1. The van der Waals surface area contributed by atoms with E-state index < -0.39 is 0 Å². The molecule has 104 valence electrons. The molecular formula is C14H19NO3S. The molecule has 0 radical (unpaired) electrons. The van der Waals surface area contributed by atoms with Crippen molar-refractivity contribution in [2.24, 2.45) is 5.92 Å². The van der Waals surface area contributed by atoms with Gasteiger partial charge in [-0.1, -0.05) is 0 Å². The highest BCUT2D eigenvalue weighted by molar-refractivity contribution is 7.99. The number of benzene rings is 1. The second kappa shape index (κ2) is 6.70. The molecular weight excluding hydrogens is 262 g/mol. The van der Waals surface area contributed by atoms with Crippen molar-refractivity contribution in [3.8, 4) is 11.5 Å². The van der Waals surface area contributed by atoms with Gasteiger partial charge in [-0.25, -0.2) is 0 Å². The Hall–Kier alpha value is -1.36. The lowest BCUT2D eigenvalue weighted by Gasteiger charge is -2.21. The Morgan fingerprint density at radius 2 is 2.21 bits per heavy atom. The van der Waals surface area contributed by atoms with Gasteiger partial charge < -0.3 is 14.8 Å². The highest BCUT2D eigenvalue weighted by Gasteiger charge is 2.22. The predicted octanol–water partition coefficient (Wildman–Crippen LogP) is 2.79. The summed E-state index contributed by atoms with van der Waals surface area (Å²) in [4.78, 5) is 12.2. The molecule has 1 aromatic carbocycles. The third kappa shape index (κ3) is 3.56. The fraction of sp³-hybridized carbons (Fsp3) is 0.500. The lowest BCUT2D eigenvalue weighted by Crippen LogP contribution is -2.27. The van der Waals surface area contributed by atoms with Crippen LogP contribution in [0.25, 0.3) is 0 Å². The van der Waals surface area contributed by atoms with E-state index in [1.54, 1.807) is 26.4 Å². The third-order valence-corrected chi connectivity index (χ3v) is 4.41. The van der Waals surface area contributed by atoms with E-state index in [-0.39, 0.29) is 11.8 Å². The van der Waals surface area contributed by atoms with Crippen LogP contribution in [0.1, 0.15) is 12.8 Å². The summed E-state index contributed by atoms with van der Waals surface area (Å²) in [7, 11) is 3.19. The molecule has 0 aliphatic carbocycles.